The van der Waals surface area contributed by atoms with E-state index in [1.807, 2.05) is 0 Å². The van der Waals surface area contributed by atoms with Gasteiger partial charge >= 0.3 is 5.97 Å². The third kappa shape index (κ3) is 1.90. The van der Waals surface area contributed by atoms with E-state index in [-0.39, 0.29) is 17.9 Å². The van der Waals surface area contributed by atoms with Crippen LogP contribution in [0.2, 0.25) is 0 Å². The Bertz CT molecular complexity index is 467. The molecule has 0 saturated heterocycles. The third-order valence-electron chi connectivity index (χ3n) is 2.18. The summed E-state index contributed by atoms with van der Waals surface area (Å²) in [6.07, 6.45) is 0. The smallest absolute Gasteiger partial charge is 0.342 e. The van der Waals surface area contributed by atoms with Crippen LogP contribution < -0.4 is 4.74 Å². The molecule has 1 N–H and O–H groups in total. The van der Waals surface area contributed by atoms with Crippen molar-refractivity contribution in [2.75, 3.05) is 6.61 Å². The Hall–Kier alpha value is -1.49. The van der Waals surface area contributed by atoms with Gasteiger partial charge in [-0.1, -0.05) is 22.5 Å². The number of aromatic hydroxyl groups is 1. The van der Waals surface area contributed by atoms with Crippen LogP contribution in [0.3, 0.4) is 0 Å². The molecule has 0 fully saturated rings. The largest absolute Gasteiger partial charge is 0.507 e. The lowest BCUT2D eigenvalue weighted by Gasteiger charge is -2.08. The number of cyclic esters (lactones) is 1. The van der Waals surface area contributed by atoms with Gasteiger partial charge in [-0.15, -0.1) is 0 Å². The molecule has 0 saturated carbocycles. The topological polar surface area (TPSA) is 55.8 Å². The lowest BCUT2D eigenvalue weighted by molar-refractivity contribution is 0.0532. The summed E-state index contributed by atoms with van der Waals surface area (Å²) in [6, 6.07) is 3.02. The van der Waals surface area contributed by atoms with Gasteiger partial charge in [-0.05, 0) is 12.1 Å². The number of rotatable bonds is 3. The van der Waals surface area contributed by atoms with Crippen LogP contribution in [-0.2, 0) is 11.3 Å². The van der Waals surface area contributed by atoms with Gasteiger partial charge in [-0.2, -0.15) is 0 Å². The molecule has 0 unspecified atom stereocenters. The first-order chi connectivity index (χ1) is 7.59. The minimum atomic E-state index is -0.518. The van der Waals surface area contributed by atoms with Crippen LogP contribution in [0, 0.1) is 0 Å². The first-order valence-electron chi connectivity index (χ1n) is 4.57. The van der Waals surface area contributed by atoms with Crippen molar-refractivity contribution in [3.05, 3.63) is 34.3 Å². The van der Waals surface area contributed by atoms with E-state index < -0.39 is 5.97 Å². The fraction of sp³-hybridized carbons (Fsp3) is 0.182. The van der Waals surface area contributed by atoms with Crippen LogP contribution in [0.5, 0.6) is 11.5 Å². The summed E-state index contributed by atoms with van der Waals surface area (Å²) >= 11 is 3.17. The molecule has 1 aliphatic heterocycles. The quantitative estimate of drug-likeness (QED) is 0.866. The zero-order chi connectivity index (χ0) is 11.7. The Morgan fingerprint density at radius 2 is 2.38 bits per heavy atom. The molecule has 0 amide bonds. The molecule has 84 valence electrons. The Morgan fingerprint density at radius 1 is 1.62 bits per heavy atom. The number of ether oxygens (including phenoxy) is 2. The highest BCUT2D eigenvalue weighted by atomic mass is 79.9. The fourth-order valence-electron chi connectivity index (χ4n) is 1.49. The van der Waals surface area contributed by atoms with E-state index in [4.69, 9.17) is 9.47 Å². The molecule has 1 heterocycles. The first kappa shape index (κ1) is 11.0. The Balaban J connectivity index is 2.35. The number of carbonyl (C=O) groups excluding carboxylic acids is 1. The number of fused-ring (bicyclic) bond motifs is 1. The molecule has 0 radical (unpaired) electrons. The molecule has 0 bridgehead atoms. The van der Waals surface area contributed by atoms with Gasteiger partial charge in [-0.3, -0.25) is 0 Å². The summed E-state index contributed by atoms with van der Waals surface area (Å²) in [7, 11) is 0. The number of hydrogen-bond donors (Lipinski definition) is 1. The molecule has 0 spiro atoms. The minimum Gasteiger partial charge on any atom is -0.507 e. The summed E-state index contributed by atoms with van der Waals surface area (Å²) < 4.78 is 11.0. The van der Waals surface area contributed by atoms with Gasteiger partial charge in [-0.25, -0.2) is 4.79 Å². The van der Waals surface area contributed by atoms with Crippen molar-refractivity contribution in [2.24, 2.45) is 0 Å². The Morgan fingerprint density at radius 3 is 3.06 bits per heavy atom. The molecular weight excluding hydrogens is 276 g/mol. The van der Waals surface area contributed by atoms with E-state index >= 15 is 0 Å². The van der Waals surface area contributed by atoms with Gasteiger partial charge < -0.3 is 14.6 Å². The van der Waals surface area contributed by atoms with Gasteiger partial charge in [0, 0.05) is 10.0 Å². The summed E-state index contributed by atoms with van der Waals surface area (Å²) in [5.74, 6) is -0.0719. The normalized spacial score (nSPS) is 13.2. The van der Waals surface area contributed by atoms with Crippen LogP contribution in [0.15, 0.2) is 23.2 Å². The van der Waals surface area contributed by atoms with Crippen LogP contribution in [-0.4, -0.2) is 17.7 Å². The molecule has 1 aromatic carbocycles. The van der Waals surface area contributed by atoms with E-state index in [1.165, 1.54) is 6.07 Å². The van der Waals surface area contributed by atoms with Crippen LogP contribution in [0.25, 0.3) is 0 Å². The predicted molar refractivity (Wildman–Crippen MR) is 60.8 cm³/mol. The van der Waals surface area contributed by atoms with E-state index in [0.717, 1.165) is 0 Å². The van der Waals surface area contributed by atoms with Crippen molar-refractivity contribution < 1.29 is 19.4 Å². The molecule has 1 aromatic rings. The molecule has 5 heteroatoms. The number of phenolic OH excluding ortho intramolecular Hbond substituents is 1. The van der Waals surface area contributed by atoms with E-state index in [1.54, 1.807) is 6.07 Å². The van der Waals surface area contributed by atoms with Crippen molar-refractivity contribution in [3.8, 4) is 11.5 Å². The van der Waals surface area contributed by atoms with E-state index in [2.05, 4.69) is 22.5 Å². The highest BCUT2D eigenvalue weighted by Crippen LogP contribution is 2.35. The molecular formula is C11H9BrO4. The Kier molecular flexibility index (Phi) is 2.87. The lowest BCUT2D eigenvalue weighted by atomic mass is 10.1. The molecule has 2 rings (SSSR count). The second kappa shape index (κ2) is 4.17. The summed E-state index contributed by atoms with van der Waals surface area (Å²) in [6.45, 7) is 4.07. The average molecular weight is 285 g/mol. The molecule has 0 atom stereocenters. The zero-order valence-electron chi connectivity index (χ0n) is 8.33. The highest BCUT2D eigenvalue weighted by molar-refractivity contribution is 9.11. The second-order valence-electron chi connectivity index (χ2n) is 3.32. The molecule has 4 nitrogen and oxygen atoms in total. The fourth-order valence-corrected chi connectivity index (χ4v) is 1.60. The zero-order valence-corrected chi connectivity index (χ0v) is 9.91. The molecule has 0 aromatic heterocycles. The monoisotopic (exact) mass is 284 g/mol. The molecule has 16 heavy (non-hydrogen) atoms. The Labute approximate surface area is 101 Å². The SMILES string of the molecule is C=C(Br)COc1ccc(O)c2c1COC2=O. The first-order valence-corrected chi connectivity index (χ1v) is 5.37. The van der Waals surface area contributed by atoms with Crippen LogP contribution >= 0.6 is 15.9 Å². The van der Waals surface area contributed by atoms with Gasteiger partial charge in [0.15, 0.2) is 0 Å². The van der Waals surface area contributed by atoms with Crippen LogP contribution in [0.1, 0.15) is 15.9 Å². The molecule has 1 aliphatic rings. The second-order valence-corrected chi connectivity index (χ2v) is 4.44. The number of phenols is 1. The van der Waals surface area contributed by atoms with Gasteiger partial charge in [0.2, 0.25) is 0 Å². The maximum absolute atomic E-state index is 11.3. The van der Waals surface area contributed by atoms with Gasteiger partial charge in [0.05, 0.1) is 0 Å². The van der Waals surface area contributed by atoms with Gasteiger partial charge in [0.25, 0.3) is 0 Å². The summed E-state index contributed by atoms with van der Waals surface area (Å²) in [5, 5.41) is 9.52. The predicted octanol–water partition coefficient (Wildman–Crippen LogP) is 2.35. The number of carbonyl (C=O) groups is 1. The summed E-state index contributed by atoms with van der Waals surface area (Å²) in [4.78, 5) is 11.3. The third-order valence-corrected chi connectivity index (χ3v) is 2.41. The minimum absolute atomic E-state index is 0.0810. The summed E-state index contributed by atoms with van der Waals surface area (Å²) in [5.41, 5.74) is 0.774. The van der Waals surface area contributed by atoms with Crippen LogP contribution in [0.4, 0.5) is 0 Å². The van der Waals surface area contributed by atoms with Crippen molar-refractivity contribution in [1.29, 1.82) is 0 Å². The highest BCUT2D eigenvalue weighted by Gasteiger charge is 2.28. The van der Waals surface area contributed by atoms with E-state index in [0.29, 0.717) is 22.4 Å². The van der Waals surface area contributed by atoms with Gasteiger partial charge in [0.1, 0.15) is 30.3 Å². The molecule has 0 aliphatic carbocycles. The maximum atomic E-state index is 11.3. The average Bonchev–Trinajstić information content (AvgIpc) is 2.61. The van der Waals surface area contributed by atoms with E-state index in [9.17, 15) is 9.90 Å². The number of esters is 1. The standard InChI is InChI=1S/C11H9BrO4/c1-6(12)4-15-9-3-2-8(13)10-7(9)5-16-11(10)14/h2-3,13H,1,4-5H2. The number of halogens is 1. The number of benzene rings is 1. The van der Waals surface area contributed by atoms with Crippen molar-refractivity contribution in [3.63, 3.8) is 0 Å². The van der Waals surface area contributed by atoms with Crippen molar-refractivity contribution in [2.45, 2.75) is 6.61 Å². The lowest BCUT2D eigenvalue weighted by Crippen LogP contribution is -2.00. The number of hydrogen-bond acceptors (Lipinski definition) is 4. The van der Waals surface area contributed by atoms with Crippen molar-refractivity contribution >= 4 is 21.9 Å². The maximum Gasteiger partial charge on any atom is 0.342 e. The van der Waals surface area contributed by atoms with Crippen molar-refractivity contribution in [1.82, 2.24) is 0 Å².